The van der Waals surface area contributed by atoms with Crippen LogP contribution in [0.25, 0.3) is 0 Å². The van der Waals surface area contributed by atoms with Crippen molar-refractivity contribution >= 4 is 0 Å². The zero-order valence-corrected chi connectivity index (χ0v) is 13.2. The Kier molecular flexibility index (Phi) is 8.60. The lowest BCUT2D eigenvalue weighted by Gasteiger charge is -2.34. The zero-order valence-electron chi connectivity index (χ0n) is 13.2. The van der Waals surface area contributed by atoms with Crippen molar-refractivity contribution in [2.45, 2.75) is 79.2 Å². The highest BCUT2D eigenvalue weighted by Gasteiger charge is 2.28. The molecule has 3 unspecified atom stereocenters. The van der Waals surface area contributed by atoms with Crippen molar-refractivity contribution in [2.24, 2.45) is 17.3 Å². The molecule has 1 N–H and O–H groups in total. The van der Waals surface area contributed by atoms with Crippen molar-refractivity contribution in [1.82, 2.24) is 0 Å². The van der Waals surface area contributed by atoms with Gasteiger partial charge in [0.1, 0.15) is 0 Å². The van der Waals surface area contributed by atoms with Gasteiger partial charge >= 0.3 is 0 Å². The van der Waals surface area contributed by atoms with Gasteiger partial charge in [-0.25, -0.2) is 0 Å². The molecule has 0 aromatic heterocycles. The van der Waals surface area contributed by atoms with Crippen LogP contribution in [0.2, 0.25) is 0 Å². The molecule has 1 rings (SSSR count). The van der Waals surface area contributed by atoms with E-state index in [1.807, 2.05) is 6.92 Å². The minimum Gasteiger partial charge on any atom is -0.393 e. The number of hydrogen-bond donors (Lipinski definition) is 1. The molecule has 18 heavy (non-hydrogen) atoms. The van der Waals surface area contributed by atoms with E-state index in [4.69, 9.17) is 0 Å². The van der Waals surface area contributed by atoms with Gasteiger partial charge in [0.05, 0.1) is 6.10 Å². The van der Waals surface area contributed by atoms with Crippen LogP contribution in [-0.2, 0) is 0 Å². The van der Waals surface area contributed by atoms with Gasteiger partial charge in [-0.3, -0.25) is 0 Å². The first kappa shape index (κ1) is 17.7. The van der Waals surface area contributed by atoms with E-state index < -0.39 is 0 Å². The Balaban J connectivity index is 0.000000873. The summed E-state index contributed by atoms with van der Waals surface area (Å²) in [4.78, 5) is 0. The molecule has 1 aliphatic rings. The van der Waals surface area contributed by atoms with Crippen LogP contribution in [0.4, 0.5) is 0 Å². The Morgan fingerprint density at radius 1 is 1.28 bits per heavy atom. The van der Waals surface area contributed by atoms with E-state index in [1.165, 1.54) is 25.7 Å². The lowest BCUT2D eigenvalue weighted by Crippen LogP contribution is -2.29. The molecule has 0 aromatic carbocycles. The average molecular weight is 254 g/mol. The summed E-state index contributed by atoms with van der Waals surface area (Å²) in [6.07, 6.45) is 9.10. The van der Waals surface area contributed by atoms with Gasteiger partial charge in [-0.05, 0) is 56.3 Å². The summed E-state index contributed by atoms with van der Waals surface area (Å²) in [6, 6.07) is 0. The molecule has 0 heterocycles. The van der Waals surface area contributed by atoms with Crippen molar-refractivity contribution in [2.75, 3.05) is 0 Å². The third kappa shape index (κ3) is 7.92. The van der Waals surface area contributed by atoms with Crippen LogP contribution >= 0.6 is 0 Å². The Labute approximate surface area is 115 Å². The first-order valence-corrected chi connectivity index (χ1v) is 7.59. The number of aliphatic hydroxyl groups excluding tert-OH is 1. The molecular weight excluding hydrogens is 220 g/mol. The topological polar surface area (TPSA) is 20.2 Å². The van der Waals surface area contributed by atoms with E-state index in [0.29, 0.717) is 11.3 Å². The fourth-order valence-corrected chi connectivity index (χ4v) is 2.68. The van der Waals surface area contributed by atoms with Gasteiger partial charge in [-0.2, -0.15) is 0 Å². The van der Waals surface area contributed by atoms with E-state index in [1.54, 1.807) is 6.08 Å². The Morgan fingerprint density at radius 3 is 2.28 bits per heavy atom. The van der Waals surface area contributed by atoms with Crippen molar-refractivity contribution in [3.63, 3.8) is 0 Å². The molecule has 0 radical (unpaired) electrons. The fourth-order valence-electron chi connectivity index (χ4n) is 2.68. The SMILES string of the molecule is C=CC.CCC1CC(CCC(C)(C)C)CCC1O. The standard InChI is InChI=1S/C14H28O.C3H6/c1-5-12-10-11(6-7-13(12)15)8-9-14(2,3)4;1-3-2/h11-13,15H,5-10H2,1-4H3;3H,1H2,2H3. The highest BCUT2D eigenvalue weighted by Crippen LogP contribution is 2.36. The lowest BCUT2D eigenvalue weighted by molar-refractivity contribution is 0.0421. The molecule has 1 nitrogen and oxygen atoms in total. The number of rotatable bonds is 3. The smallest absolute Gasteiger partial charge is 0.0568 e. The van der Waals surface area contributed by atoms with Gasteiger partial charge < -0.3 is 5.11 Å². The van der Waals surface area contributed by atoms with Crippen molar-refractivity contribution < 1.29 is 5.11 Å². The molecule has 0 aromatic rings. The van der Waals surface area contributed by atoms with E-state index >= 15 is 0 Å². The van der Waals surface area contributed by atoms with Crippen LogP contribution in [-0.4, -0.2) is 11.2 Å². The first-order valence-electron chi connectivity index (χ1n) is 7.59. The maximum atomic E-state index is 9.81. The summed E-state index contributed by atoms with van der Waals surface area (Å²) in [5.74, 6) is 1.45. The second-order valence-electron chi connectivity index (χ2n) is 6.92. The molecule has 0 amide bonds. The van der Waals surface area contributed by atoms with Crippen LogP contribution < -0.4 is 0 Å². The average Bonchev–Trinajstić information content (AvgIpc) is 2.28. The third-order valence-corrected chi connectivity index (χ3v) is 3.88. The Bertz CT molecular complexity index is 214. The predicted octanol–water partition coefficient (Wildman–Crippen LogP) is 5.19. The maximum Gasteiger partial charge on any atom is 0.0568 e. The van der Waals surface area contributed by atoms with E-state index in [-0.39, 0.29) is 6.10 Å². The molecule has 0 aliphatic heterocycles. The minimum atomic E-state index is -0.0131. The van der Waals surface area contributed by atoms with Crippen LogP contribution in [0, 0.1) is 17.3 Å². The van der Waals surface area contributed by atoms with Gasteiger partial charge in [0.2, 0.25) is 0 Å². The Morgan fingerprint density at radius 2 is 1.83 bits per heavy atom. The predicted molar refractivity (Wildman–Crippen MR) is 81.7 cm³/mol. The number of hydrogen-bond acceptors (Lipinski definition) is 1. The fraction of sp³-hybridized carbons (Fsp3) is 0.882. The molecule has 1 aliphatic carbocycles. The molecular formula is C17H34O. The third-order valence-electron chi connectivity index (χ3n) is 3.88. The van der Waals surface area contributed by atoms with E-state index in [0.717, 1.165) is 18.8 Å². The largest absolute Gasteiger partial charge is 0.393 e. The van der Waals surface area contributed by atoms with Crippen LogP contribution in [0.5, 0.6) is 0 Å². The monoisotopic (exact) mass is 254 g/mol. The van der Waals surface area contributed by atoms with E-state index in [2.05, 4.69) is 34.3 Å². The first-order chi connectivity index (χ1) is 8.34. The second kappa shape index (κ2) is 8.74. The number of aliphatic hydroxyl groups is 1. The molecule has 1 fully saturated rings. The van der Waals surface area contributed by atoms with Gasteiger partial charge in [0.25, 0.3) is 0 Å². The molecule has 3 atom stereocenters. The van der Waals surface area contributed by atoms with Crippen LogP contribution in [0.15, 0.2) is 12.7 Å². The molecule has 1 heteroatoms. The summed E-state index contributed by atoms with van der Waals surface area (Å²) < 4.78 is 0. The number of allylic oxidation sites excluding steroid dienone is 1. The minimum absolute atomic E-state index is 0.0131. The van der Waals surface area contributed by atoms with Crippen molar-refractivity contribution in [3.05, 3.63) is 12.7 Å². The van der Waals surface area contributed by atoms with Gasteiger partial charge in [-0.15, -0.1) is 6.58 Å². The molecule has 108 valence electrons. The lowest BCUT2D eigenvalue weighted by atomic mass is 9.74. The van der Waals surface area contributed by atoms with E-state index in [9.17, 15) is 5.11 Å². The van der Waals surface area contributed by atoms with Gasteiger partial charge in [0.15, 0.2) is 0 Å². The summed E-state index contributed by atoms with van der Waals surface area (Å²) in [5, 5.41) is 9.81. The maximum absolute atomic E-state index is 9.81. The van der Waals surface area contributed by atoms with Gasteiger partial charge in [-0.1, -0.05) is 40.2 Å². The molecule has 0 saturated heterocycles. The molecule has 0 spiro atoms. The highest BCUT2D eigenvalue weighted by atomic mass is 16.3. The highest BCUT2D eigenvalue weighted by molar-refractivity contribution is 4.80. The summed E-state index contributed by atoms with van der Waals surface area (Å²) in [7, 11) is 0. The summed E-state index contributed by atoms with van der Waals surface area (Å²) in [5.41, 5.74) is 0.470. The normalized spacial score (nSPS) is 28.2. The van der Waals surface area contributed by atoms with Crippen LogP contribution in [0.1, 0.15) is 73.1 Å². The molecule has 0 bridgehead atoms. The zero-order chi connectivity index (χ0) is 14.2. The van der Waals surface area contributed by atoms with Crippen molar-refractivity contribution in [1.29, 1.82) is 0 Å². The van der Waals surface area contributed by atoms with Gasteiger partial charge in [0, 0.05) is 0 Å². The van der Waals surface area contributed by atoms with Crippen molar-refractivity contribution in [3.8, 4) is 0 Å². The Hall–Kier alpha value is -0.300. The summed E-state index contributed by atoms with van der Waals surface area (Å²) in [6.45, 7) is 14.4. The quantitative estimate of drug-likeness (QED) is 0.687. The summed E-state index contributed by atoms with van der Waals surface area (Å²) >= 11 is 0. The molecule has 1 saturated carbocycles. The van der Waals surface area contributed by atoms with Crippen LogP contribution in [0.3, 0.4) is 0 Å². The second-order valence-corrected chi connectivity index (χ2v) is 6.92.